The zero-order chi connectivity index (χ0) is 27.7. The normalized spacial score (nSPS) is 10.2. The molecule has 4 aromatic heterocycles. The molecule has 0 spiro atoms. The molecule has 0 aliphatic heterocycles. The fourth-order valence-corrected chi connectivity index (χ4v) is 4.59. The van der Waals surface area contributed by atoms with E-state index in [4.69, 9.17) is 0 Å². The van der Waals surface area contributed by atoms with Crippen LogP contribution in [-0.4, -0.2) is 19.4 Å². The molecule has 0 aliphatic rings. The predicted octanol–water partition coefficient (Wildman–Crippen LogP) is 8.54. The van der Waals surface area contributed by atoms with Gasteiger partial charge in [0, 0.05) is 30.3 Å². The molecule has 8 aromatic rings. The van der Waals surface area contributed by atoms with Crippen LogP contribution in [0.25, 0.3) is 49.8 Å². The Morgan fingerprint density at radius 1 is 0.476 bits per heavy atom. The molecule has 8 rings (SSSR count). The Hall–Kier alpha value is -4.96. The van der Waals surface area contributed by atoms with E-state index >= 15 is 0 Å². The maximum Gasteiger partial charge on any atom is 3.00 e. The second-order valence-electron chi connectivity index (χ2n) is 9.08. The summed E-state index contributed by atoms with van der Waals surface area (Å²) in [5.41, 5.74) is 6.18. The number of para-hydroxylation sites is 1. The van der Waals surface area contributed by atoms with E-state index in [1.54, 1.807) is 12.4 Å². The van der Waals surface area contributed by atoms with Crippen LogP contribution >= 0.6 is 0 Å². The van der Waals surface area contributed by atoms with E-state index in [2.05, 4.69) is 67.9 Å². The quantitative estimate of drug-likeness (QED) is 0.133. The predicted molar refractivity (Wildman–Crippen MR) is 166 cm³/mol. The van der Waals surface area contributed by atoms with E-state index in [1.807, 2.05) is 109 Å². The first-order valence-electron chi connectivity index (χ1n) is 13.3. The van der Waals surface area contributed by atoms with Crippen LogP contribution in [-0.2, 0) is 20.1 Å². The Balaban J connectivity index is 0.000000128. The van der Waals surface area contributed by atoms with Gasteiger partial charge in [-0.15, -0.1) is 101 Å². The second-order valence-corrected chi connectivity index (χ2v) is 9.08. The minimum atomic E-state index is 0. The zero-order valence-corrected chi connectivity index (χ0v) is 25.0. The summed E-state index contributed by atoms with van der Waals surface area (Å²) >= 11 is 0. The Labute approximate surface area is 258 Å². The molecule has 0 saturated carbocycles. The van der Waals surface area contributed by atoms with Crippen molar-refractivity contribution in [2.24, 2.45) is 0 Å². The van der Waals surface area contributed by atoms with E-state index in [1.165, 1.54) is 16.3 Å². The summed E-state index contributed by atoms with van der Waals surface area (Å²) in [6.07, 6.45) is 7.41. The van der Waals surface area contributed by atoms with Crippen LogP contribution in [0.4, 0.5) is 0 Å². The van der Waals surface area contributed by atoms with E-state index in [-0.39, 0.29) is 20.1 Å². The maximum absolute atomic E-state index is 4.43. The van der Waals surface area contributed by atoms with Gasteiger partial charge in [0.1, 0.15) is 0 Å². The molecule has 0 saturated heterocycles. The van der Waals surface area contributed by atoms with Gasteiger partial charge in [-0.25, -0.2) is 0 Å². The molecule has 4 nitrogen and oxygen atoms in total. The summed E-state index contributed by atoms with van der Waals surface area (Å²) in [6.45, 7) is 0. The van der Waals surface area contributed by atoms with E-state index in [9.17, 15) is 0 Å². The van der Waals surface area contributed by atoms with Gasteiger partial charge in [-0.1, -0.05) is 47.9 Å². The summed E-state index contributed by atoms with van der Waals surface area (Å²) in [5, 5.41) is 3.53. The Morgan fingerprint density at radius 2 is 1.05 bits per heavy atom. The standard InChI is InChI=1S/C15H9N2.2C11H8N.Ir/c1-2-7-13-11(5-1)12-6-3-4-8-14(12)17-10-9-16-15(13)17;2*1-2-6-10(7-3-1)11-8-4-5-9-12-11;/h1-6,8-10H;2*1-6,8-9H;/q3*-1;+3. The van der Waals surface area contributed by atoms with Gasteiger partial charge in [0.25, 0.3) is 0 Å². The molecule has 202 valence electrons. The van der Waals surface area contributed by atoms with Crippen molar-refractivity contribution in [1.82, 2.24) is 19.4 Å². The van der Waals surface area contributed by atoms with Gasteiger partial charge in [0.2, 0.25) is 0 Å². The molecule has 0 bridgehead atoms. The van der Waals surface area contributed by atoms with Crippen molar-refractivity contribution in [2.45, 2.75) is 0 Å². The third-order valence-electron chi connectivity index (χ3n) is 6.47. The topological polar surface area (TPSA) is 43.1 Å². The molecule has 0 N–H and O–H groups in total. The number of hydrogen-bond acceptors (Lipinski definition) is 3. The largest absolute Gasteiger partial charge is 3.00 e. The van der Waals surface area contributed by atoms with E-state index in [0.717, 1.165) is 33.5 Å². The number of aromatic nitrogens is 4. The molecule has 42 heavy (non-hydrogen) atoms. The maximum atomic E-state index is 4.43. The van der Waals surface area contributed by atoms with Gasteiger partial charge in [0.05, 0.1) is 5.65 Å². The average Bonchev–Trinajstić information content (AvgIpc) is 3.58. The SMILES string of the molecule is [Ir+3].[c-]1cccc2c1c1nccn1c1ccccc21.[c-]1ccccc1-c1ccccn1.[c-]1ccccc1-c1ccccn1. The molecule has 0 unspecified atom stereocenters. The van der Waals surface area contributed by atoms with Crippen molar-refractivity contribution >= 4 is 27.3 Å². The van der Waals surface area contributed by atoms with Gasteiger partial charge in [-0.2, -0.15) is 0 Å². The molecule has 4 aromatic carbocycles. The van der Waals surface area contributed by atoms with Crippen LogP contribution in [0.1, 0.15) is 0 Å². The molecular weight excluding hydrogens is 693 g/mol. The van der Waals surface area contributed by atoms with Gasteiger partial charge in [-0.3, -0.25) is 4.98 Å². The summed E-state index contributed by atoms with van der Waals surface area (Å²) in [7, 11) is 0. The Kier molecular flexibility index (Phi) is 9.58. The Morgan fingerprint density at radius 3 is 1.64 bits per heavy atom. The molecule has 0 radical (unpaired) electrons. The first-order valence-corrected chi connectivity index (χ1v) is 13.3. The summed E-state index contributed by atoms with van der Waals surface area (Å²) in [4.78, 5) is 12.9. The first-order chi connectivity index (χ1) is 20.4. The van der Waals surface area contributed by atoms with Gasteiger partial charge in [-0.05, 0) is 35.0 Å². The Bertz CT molecular complexity index is 1760. The minimum absolute atomic E-state index is 0. The number of pyridine rings is 3. The molecule has 0 amide bonds. The van der Waals surface area contributed by atoms with Crippen molar-refractivity contribution in [3.63, 3.8) is 0 Å². The molecular formula is C37H25IrN4. The van der Waals surface area contributed by atoms with Crippen LogP contribution in [0.15, 0.2) is 152 Å². The van der Waals surface area contributed by atoms with Crippen molar-refractivity contribution in [3.8, 4) is 22.5 Å². The fourth-order valence-electron chi connectivity index (χ4n) is 4.59. The minimum Gasteiger partial charge on any atom is -0.340 e. The number of imidazole rings is 1. The smallest absolute Gasteiger partial charge is 0.340 e. The molecule has 5 heteroatoms. The van der Waals surface area contributed by atoms with E-state index < -0.39 is 0 Å². The zero-order valence-electron chi connectivity index (χ0n) is 22.6. The average molecular weight is 718 g/mol. The molecule has 0 atom stereocenters. The van der Waals surface area contributed by atoms with Crippen LogP contribution in [0.3, 0.4) is 0 Å². The summed E-state index contributed by atoms with van der Waals surface area (Å²) < 4.78 is 2.12. The number of rotatable bonds is 2. The van der Waals surface area contributed by atoms with Crippen molar-refractivity contribution in [3.05, 3.63) is 170 Å². The van der Waals surface area contributed by atoms with Crippen LogP contribution < -0.4 is 0 Å². The van der Waals surface area contributed by atoms with Gasteiger partial charge in [0.15, 0.2) is 0 Å². The van der Waals surface area contributed by atoms with Crippen LogP contribution in [0, 0.1) is 18.2 Å². The number of hydrogen-bond donors (Lipinski definition) is 0. The van der Waals surface area contributed by atoms with Gasteiger partial charge >= 0.3 is 20.1 Å². The molecule has 4 heterocycles. The summed E-state index contributed by atoms with van der Waals surface area (Å²) in [6, 6.07) is 51.4. The fraction of sp³-hybridized carbons (Fsp3) is 0. The third-order valence-corrected chi connectivity index (χ3v) is 6.47. The third kappa shape index (κ3) is 6.50. The van der Waals surface area contributed by atoms with Crippen molar-refractivity contribution in [2.75, 3.05) is 0 Å². The van der Waals surface area contributed by atoms with Crippen LogP contribution in [0.5, 0.6) is 0 Å². The van der Waals surface area contributed by atoms with Crippen molar-refractivity contribution in [1.29, 1.82) is 0 Å². The molecule has 0 aliphatic carbocycles. The number of benzene rings is 4. The second kappa shape index (κ2) is 14.1. The number of fused-ring (bicyclic) bond motifs is 6. The van der Waals surface area contributed by atoms with Crippen molar-refractivity contribution < 1.29 is 20.1 Å². The van der Waals surface area contributed by atoms with E-state index in [0.29, 0.717) is 0 Å². The molecule has 0 fully saturated rings. The summed E-state index contributed by atoms with van der Waals surface area (Å²) in [5.74, 6) is 0. The number of nitrogens with zero attached hydrogens (tertiary/aromatic N) is 4. The van der Waals surface area contributed by atoms with Crippen LogP contribution in [0.2, 0.25) is 0 Å². The monoisotopic (exact) mass is 718 g/mol. The first kappa shape index (κ1) is 28.6. The van der Waals surface area contributed by atoms with Gasteiger partial charge < -0.3 is 14.4 Å².